The SMILES string of the molecule is Cc1ccc(-c2ccc(C(=O)N3CCCC(n4cc(CN5[C@H](C)CN(C(=O)OC(C)(C)C)C[C@@H]5C)nn4)C3)c(F)c2)cc1C. The summed E-state index contributed by atoms with van der Waals surface area (Å²) < 4.78 is 22.7. The minimum atomic E-state index is -0.530. The first-order valence-corrected chi connectivity index (χ1v) is 15.6. The van der Waals surface area contributed by atoms with Crippen molar-refractivity contribution in [3.8, 4) is 11.1 Å². The van der Waals surface area contributed by atoms with Crippen molar-refractivity contribution in [2.75, 3.05) is 26.2 Å². The molecule has 9 nitrogen and oxygen atoms in total. The van der Waals surface area contributed by atoms with Crippen LogP contribution in [0.2, 0.25) is 0 Å². The fraction of sp³-hybridized carbons (Fsp3) is 0.529. The summed E-state index contributed by atoms with van der Waals surface area (Å²) in [5.74, 6) is -0.810. The van der Waals surface area contributed by atoms with E-state index in [0.717, 1.165) is 35.2 Å². The Hall–Kier alpha value is -3.79. The van der Waals surface area contributed by atoms with E-state index in [1.54, 1.807) is 15.9 Å². The molecule has 1 aromatic heterocycles. The topological polar surface area (TPSA) is 83.8 Å². The predicted molar refractivity (Wildman–Crippen MR) is 168 cm³/mol. The van der Waals surface area contributed by atoms with E-state index >= 15 is 4.39 Å². The van der Waals surface area contributed by atoms with Gasteiger partial charge in [-0.2, -0.15) is 0 Å². The molecule has 5 rings (SSSR count). The van der Waals surface area contributed by atoms with Crippen molar-refractivity contribution in [3.05, 3.63) is 70.8 Å². The second-order valence-electron chi connectivity index (χ2n) is 13.5. The molecule has 0 aliphatic carbocycles. The van der Waals surface area contributed by atoms with E-state index in [1.165, 1.54) is 11.6 Å². The van der Waals surface area contributed by atoms with Crippen molar-refractivity contribution in [3.63, 3.8) is 0 Å². The number of likely N-dealkylation sites (tertiary alicyclic amines) is 1. The van der Waals surface area contributed by atoms with Gasteiger partial charge in [0.05, 0.1) is 23.5 Å². The van der Waals surface area contributed by atoms with E-state index < -0.39 is 11.4 Å². The average molecular weight is 605 g/mol. The molecular weight excluding hydrogens is 559 g/mol. The van der Waals surface area contributed by atoms with Crippen LogP contribution in [0.25, 0.3) is 11.1 Å². The van der Waals surface area contributed by atoms with Crippen LogP contribution in [0.1, 0.15) is 80.7 Å². The standard InChI is InChI=1S/C34H45FN6O3/c1-22-10-11-26(15-23(22)2)27-12-13-30(31(35)16-27)32(42)38-14-8-9-29(21-38)41-20-28(36-37-41)19-40-24(3)17-39(18-25(40)4)33(43)44-34(5,6)7/h10-13,15-16,20,24-25,29H,8-9,14,17-19,21H2,1-7H3/t24-,25+,29?. The number of nitrogens with zero attached hydrogens (tertiary/aromatic N) is 6. The zero-order valence-corrected chi connectivity index (χ0v) is 27.0. The summed E-state index contributed by atoms with van der Waals surface area (Å²) in [6.45, 7) is 16.7. The van der Waals surface area contributed by atoms with Crippen molar-refractivity contribution in [1.82, 2.24) is 29.7 Å². The van der Waals surface area contributed by atoms with Gasteiger partial charge in [-0.05, 0) is 95.7 Å². The number of ether oxygens (including phenoxy) is 1. The molecule has 2 aliphatic rings. The Kier molecular flexibility index (Phi) is 9.11. The number of rotatable bonds is 5. The van der Waals surface area contributed by atoms with Gasteiger partial charge in [-0.3, -0.25) is 9.69 Å². The molecular formula is C34H45FN6O3. The molecule has 236 valence electrons. The highest BCUT2D eigenvalue weighted by Crippen LogP contribution is 2.28. The van der Waals surface area contributed by atoms with E-state index in [4.69, 9.17) is 4.74 Å². The summed E-state index contributed by atoms with van der Waals surface area (Å²) in [6, 6.07) is 11.1. The molecule has 0 radical (unpaired) electrons. The molecule has 2 aromatic carbocycles. The Morgan fingerprint density at radius 2 is 1.64 bits per heavy atom. The number of carbonyl (C=O) groups excluding carboxylic acids is 2. The van der Waals surface area contributed by atoms with Gasteiger partial charge in [0, 0.05) is 44.8 Å². The van der Waals surface area contributed by atoms with Crippen LogP contribution in [-0.4, -0.2) is 85.6 Å². The Bertz CT molecular complexity index is 1500. The van der Waals surface area contributed by atoms with Crippen LogP contribution >= 0.6 is 0 Å². The molecule has 0 saturated carbocycles. The molecule has 44 heavy (non-hydrogen) atoms. The van der Waals surface area contributed by atoms with Crippen molar-refractivity contribution in [2.45, 2.75) is 91.6 Å². The smallest absolute Gasteiger partial charge is 0.410 e. The first-order valence-electron chi connectivity index (χ1n) is 15.6. The predicted octanol–water partition coefficient (Wildman–Crippen LogP) is 6.01. The Morgan fingerprint density at radius 1 is 0.955 bits per heavy atom. The number of halogens is 1. The number of benzene rings is 2. The van der Waals surface area contributed by atoms with Gasteiger partial charge in [-0.1, -0.05) is 29.5 Å². The summed E-state index contributed by atoms with van der Waals surface area (Å²) in [6.07, 6.45) is 3.34. The quantitative estimate of drug-likeness (QED) is 0.355. The normalized spacial score (nSPS) is 21.4. The fourth-order valence-corrected chi connectivity index (χ4v) is 6.21. The second-order valence-corrected chi connectivity index (χ2v) is 13.5. The first kappa shape index (κ1) is 31.6. The number of carbonyl (C=O) groups is 2. The summed E-state index contributed by atoms with van der Waals surface area (Å²) in [4.78, 5) is 31.9. The summed E-state index contributed by atoms with van der Waals surface area (Å²) in [5, 5.41) is 8.88. The molecule has 2 saturated heterocycles. The maximum atomic E-state index is 15.3. The number of amides is 2. The van der Waals surface area contributed by atoms with Gasteiger partial charge in [-0.15, -0.1) is 5.10 Å². The molecule has 0 bridgehead atoms. The van der Waals surface area contributed by atoms with E-state index in [2.05, 4.69) is 29.1 Å². The van der Waals surface area contributed by atoms with E-state index in [-0.39, 0.29) is 35.7 Å². The van der Waals surface area contributed by atoms with Crippen molar-refractivity contribution in [2.24, 2.45) is 0 Å². The van der Waals surface area contributed by atoms with Crippen LogP contribution < -0.4 is 0 Å². The molecule has 0 spiro atoms. The molecule has 1 unspecified atom stereocenters. The minimum absolute atomic E-state index is 0.0364. The Labute approximate surface area is 260 Å². The van der Waals surface area contributed by atoms with Gasteiger partial charge in [0.15, 0.2) is 0 Å². The van der Waals surface area contributed by atoms with Crippen LogP contribution in [0.4, 0.5) is 9.18 Å². The molecule has 0 N–H and O–H groups in total. The number of hydrogen-bond donors (Lipinski definition) is 0. The molecule has 2 fully saturated rings. The molecule has 3 aromatic rings. The number of hydrogen-bond acceptors (Lipinski definition) is 6. The lowest BCUT2D eigenvalue weighted by Crippen LogP contribution is -2.58. The van der Waals surface area contributed by atoms with Gasteiger partial charge in [-0.25, -0.2) is 13.9 Å². The van der Waals surface area contributed by atoms with Gasteiger partial charge in [0.1, 0.15) is 11.4 Å². The van der Waals surface area contributed by atoms with Gasteiger partial charge < -0.3 is 14.5 Å². The second kappa shape index (κ2) is 12.7. The summed E-state index contributed by atoms with van der Waals surface area (Å²) in [7, 11) is 0. The monoisotopic (exact) mass is 604 g/mol. The van der Waals surface area contributed by atoms with Gasteiger partial charge >= 0.3 is 6.09 Å². The van der Waals surface area contributed by atoms with E-state index in [0.29, 0.717) is 32.7 Å². The van der Waals surface area contributed by atoms with Crippen LogP contribution in [0.5, 0.6) is 0 Å². The van der Waals surface area contributed by atoms with Crippen LogP contribution in [-0.2, 0) is 11.3 Å². The highest BCUT2D eigenvalue weighted by molar-refractivity contribution is 5.95. The first-order chi connectivity index (χ1) is 20.8. The molecule has 3 heterocycles. The highest BCUT2D eigenvalue weighted by atomic mass is 19.1. The Morgan fingerprint density at radius 3 is 2.30 bits per heavy atom. The van der Waals surface area contributed by atoms with Crippen LogP contribution in [0, 0.1) is 19.7 Å². The average Bonchev–Trinajstić information content (AvgIpc) is 3.44. The summed E-state index contributed by atoms with van der Waals surface area (Å²) in [5.41, 5.74) is 4.41. The largest absolute Gasteiger partial charge is 0.444 e. The lowest BCUT2D eigenvalue weighted by Gasteiger charge is -2.44. The molecule has 10 heteroatoms. The lowest BCUT2D eigenvalue weighted by molar-refractivity contribution is -0.00997. The zero-order chi connectivity index (χ0) is 31.8. The molecule has 2 aliphatic heterocycles. The third kappa shape index (κ3) is 7.12. The van der Waals surface area contributed by atoms with Gasteiger partial charge in [0.2, 0.25) is 0 Å². The number of aryl methyl sites for hydroxylation is 2. The third-order valence-electron chi connectivity index (χ3n) is 8.75. The third-order valence-corrected chi connectivity index (χ3v) is 8.75. The number of aromatic nitrogens is 3. The minimum Gasteiger partial charge on any atom is -0.444 e. The van der Waals surface area contributed by atoms with Crippen molar-refractivity contribution >= 4 is 12.0 Å². The Balaban J connectivity index is 1.21. The summed E-state index contributed by atoms with van der Waals surface area (Å²) >= 11 is 0. The lowest BCUT2D eigenvalue weighted by atomic mass is 9.98. The zero-order valence-electron chi connectivity index (χ0n) is 27.0. The molecule has 2 amide bonds. The van der Waals surface area contributed by atoms with Crippen LogP contribution in [0.3, 0.4) is 0 Å². The van der Waals surface area contributed by atoms with E-state index in [9.17, 15) is 9.59 Å². The maximum Gasteiger partial charge on any atom is 0.410 e. The van der Waals surface area contributed by atoms with Crippen molar-refractivity contribution in [1.29, 1.82) is 0 Å². The van der Waals surface area contributed by atoms with Gasteiger partial charge in [0.25, 0.3) is 5.91 Å². The van der Waals surface area contributed by atoms with Crippen LogP contribution in [0.15, 0.2) is 42.6 Å². The number of piperazine rings is 1. The fourth-order valence-electron chi connectivity index (χ4n) is 6.21. The van der Waals surface area contributed by atoms with E-state index in [1.807, 2.05) is 69.8 Å². The highest BCUT2D eigenvalue weighted by Gasteiger charge is 2.35. The molecule has 3 atom stereocenters. The van der Waals surface area contributed by atoms with Crippen molar-refractivity contribution < 1.29 is 18.7 Å². The maximum absolute atomic E-state index is 15.3. The number of piperidine rings is 1.